The Balaban J connectivity index is 1.62. The minimum atomic E-state index is -1.60. The van der Waals surface area contributed by atoms with Crippen molar-refractivity contribution in [3.63, 3.8) is 0 Å². The number of phenolic OH excluding ortho intramolecular Hbond substituents is 1. The molecular formula is C28H31BrN2O5. The Morgan fingerprint density at radius 3 is 2.42 bits per heavy atom. The summed E-state index contributed by atoms with van der Waals surface area (Å²) in [6.45, 7) is 2.03. The molecule has 2 aromatic rings. The Morgan fingerprint density at radius 2 is 1.78 bits per heavy atom. The maximum absolute atomic E-state index is 14.0. The molecule has 0 bridgehead atoms. The van der Waals surface area contributed by atoms with E-state index in [0.29, 0.717) is 15.7 Å². The Morgan fingerprint density at radius 1 is 1.08 bits per heavy atom. The minimum absolute atomic E-state index is 0.0423. The molecule has 0 spiro atoms. The van der Waals surface area contributed by atoms with E-state index < -0.39 is 41.2 Å². The van der Waals surface area contributed by atoms with Crippen molar-refractivity contribution >= 4 is 39.4 Å². The third kappa shape index (κ3) is 4.04. The summed E-state index contributed by atoms with van der Waals surface area (Å²) in [7, 11) is 0. The molecule has 7 nitrogen and oxygen atoms in total. The lowest BCUT2D eigenvalue weighted by Gasteiger charge is -2.35. The van der Waals surface area contributed by atoms with Crippen LogP contribution in [-0.4, -0.2) is 33.5 Å². The summed E-state index contributed by atoms with van der Waals surface area (Å²) in [5.74, 6) is -3.95. The van der Waals surface area contributed by atoms with E-state index in [1.165, 1.54) is 6.07 Å². The standard InChI is InChI=1S/C28H31BrN2O5/c1-2-16-8-11-19(12-9-16)31-25(33)22-23(26(31)34)28(27(35)36,15-17-6-4-3-5-7-17)30-24(22)20-14-18(29)10-13-21(20)32/h8-14,17,22-24,30,32H,2-7,15H2,1H3,(H,35,36). The fourth-order valence-electron chi connectivity index (χ4n) is 6.50. The highest BCUT2D eigenvalue weighted by Gasteiger charge is 2.69. The first-order valence-electron chi connectivity index (χ1n) is 12.7. The second kappa shape index (κ2) is 9.63. The number of carboxylic acid groups (broad SMARTS) is 1. The number of aliphatic carboxylic acids is 1. The number of hydrogen-bond donors (Lipinski definition) is 3. The average Bonchev–Trinajstić information content (AvgIpc) is 3.35. The predicted octanol–water partition coefficient (Wildman–Crippen LogP) is 4.96. The molecule has 2 amide bonds. The number of nitrogens with one attached hydrogen (secondary N) is 1. The Bertz CT molecular complexity index is 1190. The second-order valence-corrected chi connectivity index (χ2v) is 11.3. The van der Waals surface area contributed by atoms with Gasteiger partial charge in [-0.1, -0.05) is 67.1 Å². The minimum Gasteiger partial charge on any atom is -0.508 e. The number of amides is 2. The molecule has 2 aromatic carbocycles. The van der Waals surface area contributed by atoms with E-state index in [9.17, 15) is 24.6 Å². The number of imide groups is 1. The monoisotopic (exact) mass is 554 g/mol. The summed E-state index contributed by atoms with van der Waals surface area (Å²) in [4.78, 5) is 42.1. The van der Waals surface area contributed by atoms with Crippen molar-refractivity contribution in [2.75, 3.05) is 4.90 Å². The smallest absolute Gasteiger partial charge is 0.324 e. The van der Waals surface area contributed by atoms with Gasteiger partial charge in [-0.2, -0.15) is 0 Å². The number of nitrogens with zero attached hydrogens (tertiary/aromatic N) is 1. The van der Waals surface area contributed by atoms with Crippen LogP contribution < -0.4 is 10.2 Å². The SMILES string of the molecule is CCc1ccc(N2C(=O)C3C(c4cc(Br)ccc4O)NC(CC4CCCCC4)(C(=O)O)C3C2=O)cc1. The quantitative estimate of drug-likeness (QED) is 0.435. The van der Waals surface area contributed by atoms with Gasteiger partial charge in [0, 0.05) is 16.1 Å². The summed E-state index contributed by atoms with van der Waals surface area (Å²) >= 11 is 3.42. The predicted molar refractivity (Wildman–Crippen MR) is 139 cm³/mol. The normalized spacial score (nSPS) is 28.5. The number of halogens is 1. The van der Waals surface area contributed by atoms with Crippen molar-refractivity contribution in [1.82, 2.24) is 5.32 Å². The lowest BCUT2D eigenvalue weighted by atomic mass is 9.72. The number of rotatable bonds is 6. The number of phenols is 1. The van der Waals surface area contributed by atoms with Crippen LogP contribution in [0.3, 0.4) is 0 Å². The molecule has 190 valence electrons. The Hall–Kier alpha value is -2.71. The van der Waals surface area contributed by atoms with Crippen molar-refractivity contribution in [3.8, 4) is 5.75 Å². The van der Waals surface area contributed by atoms with Crippen LogP contribution in [0.5, 0.6) is 5.75 Å². The van der Waals surface area contributed by atoms with E-state index in [1.807, 2.05) is 19.1 Å². The molecular weight excluding hydrogens is 524 g/mol. The van der Waals surface area contributed by atoms with Gasteiger partial charge >= 0.3 is 5.97 Å². The molecule has 2 saturated heterocycles. The number of fused-ring (bicyclic) bond motifs is 1. The van der Waals surface area contributed by atoms with Gasteiger partial charge in [-0.05, 0) is 54.7 Å². The number of anilines is 1. The molecule has 4 unspecified atom stereocenters. The van der Waals surface area contributed by atoms with Crippen LogP contribution in [-0.2, 0) is 20.8 Å². The van der Waals surface area contributed by atoms with Gasteiger partial charge in [0.1, 0.15) is 11.3 Å². The van der Waals surface area contributed by atoms with E-state index in [1.54, 1.807) is 24.3 Å². The van der Waals surface area contributed by atoms with Crippen LogP contribution in [0.25, 0.3) is 0 Å². The molecule has 5 rings (SSSR count). The van der Waals surface area contributed by atoms with Crippen molar-refractivity contribution < 1.29 is 24.6 Å². The first kappa shape index (κ1) is 25.0. The molecule has 2 heterocycles. The third-order valence-corrected chi connectivity index (χ3v) is 8.79. The van der Waals surface area contributed by atoms with Crippen LogP contribution >= 0.6 is 15.9 Å². The third-order valence-electron chi connectivity index (χ3n) is 8.30. The highest BCUT2D eigenvalue weighted by molar-refractivity contribution is 9.10. The number of aromatic hydroxyl groups is 1. The van der Waals surface area contributed by atoms with Crippen LogP contribution in [0.1, 0.15) is 62.6 Å². The van der Waals surface area contributed by atoms with Gasteiger partial charge < -0.3 is 10.2 Å². The molecule has 36 heavy (non-hydrogen) atoms. The van der Waals surface area contributed by atoms with Crippen LogP contribution in [0.15, 0.2) is 46.9 Å². The molecule has 2 aliphatic heterocycles. The molecule has 1 aliphatic carbocycles. The van der Waals surface area contributed by atoms with Crippen LogP contribution in [0, 0.1) is 17.8 Å². The number of hydrogen-bond acceptors (Lipinski definition) is 5. The molecule has 0 aromatic heterocycles. The van der Waals surface area contributed by atoms with Crippen LogP contribution in [0.4, 0.5) is 5.69 Å². The van der Waals surface area contributed by atoms with Crippen LogP contribution in [0.2, 0.25) is 0 Å². The largest absolute Gasteiger partial charge is 0.508 e. The summed E-state index contributed by atoms with van der Waals surface area (Å²) in [6, 6.07) is 11.3. The number of benzene rings is 2. The topological polar surface area (TPSA) is 107 Å². The number of carboxylic acids is 1. The van der Waals surface area contributed by atoms with E-state index in [2.05, 4.69) is 21.2 Å². The van der Waals surface area contributed by atoms with Gasteiger partial charge in [0.05, 0.1) is 17.5 Å². The van der Waals surface area contributed by atoms with E-state index in [4.69, 9.17) is 0 Å². The summed E-state index contributed by atoms with van der Waals surface area (Å²) < 4.78 is 0.692. The van der Waals surface area contributed by atoms with Crippen molar-refractivity contribution in [1.29, 1.82) is 0 Å². The zero-order chi connectivity index (χ0) is 25.6. The average molecular weight is 555 g/mol. The summed E-state index contributed by atoms with van der Waals surface area (Å²) in [5.41, 5.74) is 0.340. The van der Waals surface area contributed by atoms with Gasteiger partial charge in [0.15, 0.2) is 0 Å². The van der Waals surface area contributed by atoms with E-state index in [0.717, 1.165) is 49.0 Å². The van der Waals surface area contributed by atoms with Gasteiger partial charge in [-0.25, -0.2) is 4.90 Å². The highest BCUT2D eigenvalue weighted by atomic mass is 79.9. The van der Waals surface area contributed by atoms with Crippen molar-refractivity contribution in [2.24, 2.45) is 17.8 Å². The maximum Gasteiger partial charge on any atom is 0.324 e. The number of carbonyl (C=O) groups is 3. The van der Waals surface area contributed by atoms with Gasteiger partial charge in [-0.15, -0.1) is 0 Å². The van der Waals surface area contributed by atoms with Crippen molar-refractivity contribution in [3.05, 3.63) is 58.1 Å². The molecule has 3 aliphatic rings. The molecule has 0 radical (unpaired) electrons. The highest BCUT2D eigenvalue weighted by Crippen LogP contribution is 2.53. The number of aryl methyl sites for hydroxylation is 1. The fourth-order valence-corrected chi connectivity index (χ4v) is 6.88. The van der Waals surface area contributed by atoms with Gasteiger partial charge in [-0.3, -0.25) is 19.7 Å². The van der Waals surface area contributed by atoms with Gasteiger partial charge in [0.2, 0.25) is 11.8 Å². The summed E-state index contributed by atoms with van der Waals surface area (Å²) in [6.07, 6.45) is 6.11. The molecule has 3 N–H and O–H groups in total. The van der Waals surface area contributed by atoms with E-state index in [-0.39, 0.29) is 18.1 Å². The van der Waals surface area contributed by atoms with Gasteiger partial charge in [0.25, 0.3) is 0 Å². The zero-order valence-electron chi connectivity index (χ0n) is 20.2. The lowest BCUT2D eigenvalue weighted by molar-refractivity contribution is -0.150. The Labute approximate surface area is 219 Å². The zero-order valence-corrected chi connectivity index (χ0v) is 21.8. The van der Waals surface area contributed by atoms with Crippen molar-refractivity contribution in [2.45, 2.75) is 63.5 Å². The molecule has 1 saturated carbocycles. The molecule has 8 heteroatoms. The number of carbonyl (C=O) groups excluding carboxylic acids is 2. The second-order valence-electron chi connectivity index (χ2n) is 10.3. The fraction of sp³-hybridized carbons (Fsp3) is 0.464. The maximum atomic E-state index is 14.0. The Kier molecular flexibility index (Phi) is 6.68. The van der Waals surface area contributed by atoms with E-state index >= 15 is 0 Å². The molecule has 3 fully saturated rings. The lowest BCUT2D eigenvalue weighted by Crippen LogP contribution is -2.57. The molecule has 4 atom stereocenters. The first-order chi connectivity index (χ1) is 17.3. The summed E-state index contributed by atoms with van der Waals surface area (Å²) in [5, 5.41) is 24.6. The first-order valence-corrected chi connectivity index (χ1v) is 13.5.